The van der Waals surface area contributed by atoms with Crippen molar-refractivity contribution in [3.8, 4) is 11.5 Å². The van der Waals surface area contributed by atoms with Crippen molar-refractivity contribution in [2.24, 2.45) is 4.99 Å². The maximum atomic E-state index is 5.68. The summed E-state index contributed by atoms with van der Waals surface area (Å²) in [6, 6.07) is 5.81. The third-order valence-electron chi connectivity index (χ3n) is 2.92. The van der Waals surface area contributed by atoms with Crippen molar-refractivity contribution in [3.05, 3.63) is 18.2 Å². The number of rotatable bonds is 5. The molecule has 0 aliphatic carbocycles. The number of ether oxygens (including phenoxy) is 3. The number of benzene rings is 1. The van der Waals surface area contributed by atoms with E-state index in [1.807, 2.05) is 25.1 Å². The highest BCUT2D eigenvalue weighted by Crippen LogP contribution is 2.32. The Balaban J connectivity index is 0.00000242. The maximum Gasteiger partial charge on any atom is 0.195 e. The predicted molar refractivity (Wildman–Crippen MR) is 98.9 cm³/mol. The molecule has 1 aliphatic rings. The molecule has 1 aliphatic heterocycles. The molecular formula is C15H24IN3O3. The minimum Gasteiger partial charge on any atom is -0.490 e. The molecule has 0 saturated heterocycles. The molecule has 0 unspecified atom stereocenters. The second kappa shape index (κ2) is 10.5. The van der Waals surface area contributed by atoms with Crippen LogP contribution in [-0.4, -0.2) is 46.0 Å². The summed E-state index contributed by atoms with van der Waals surface area (Å²) in [6.45, 7) is 5.40. The average molecular weight is 421 g/mol. The summed E-state index contributed by atoms with van der Waals surface area (Å²) < 4.78 is 16.3. The van der Waals surface area contributed by atoms with Crippen LogP contribution >= 0.6 is 24.0 Å². The lowest BCUT2D eigenvalue weighted by Crippen LogP contribution is -2.31. The van der Waals surface area contributed by atoms with E-state index in [4.69, 9.17) is 14.2 Å². The lowest BCUT2D eigenvalue weighted by molar-refractivity contribution is 0.208. The van der Waals surface area contributed by atoms with Crippen molar-refractivity contribution in [1.82, 2.24) is 5.32 Å². The van der Waals surface area contributed by atoms with E-state index in [0.717, 1.165) is 36.1 Å². The monoisotopic (exact) mass is 421 g/mol. The number of halogens is 1. The third kappa shape index (κ3) is 5.88. The minimum atomic E-state index is 0. The van der Waals surface area contributed by atoms with Gasteiger partial charge in [-0.25, -0.2) is 0 Å². The van der Waals surface area contributed by atoms with Gasteiger partial charge in [-0.2, -0.15) is 0 Å². The Kier molecular flexibility index (Phi) is 8.98. The average Bonchev–Trinajstić information content (AvgIpc) is 2.72. The number of guanidine groups is 1. The van der Waals surface area contributed by atoms with Gasteiger partial charge >= 0.3 is 0 Å². The van der Waals surface area contributed by atoms with E-state index in [9.17, 15) is 0 Å². The van der Waals surface area contributed by atoms with Gasteiger partial charge in [-0.3, -0.25) is 4.99 Å². The summed E-state index contributed by atoms with van der Waals surface area (Å²) in [5.74, 6) is 2.29. The molecule has 0 aromatic heterocycles. The van der Waals surface area contributed by atoms with Gasteiger partial charge in [0.15, 0.2) is 17.5 Å². The first-order valence-electron chi connectivity index (χ1n) is 7.27. The Bertz CT molecular complexity index is 483. The number of nitrogens with one attached hydrogen (secondary N) is 2. The van der Waals surface area contributed by atoms with Crippen LogP contribution in [0.25, 0.3) is 0 Å². The van der Waals surface area contributed by atoms with Crippen LogP contribution in [0.3, 0.4) is 0 Å². The second-order valence-electron chi connectivity index (χ2n) is 4.59. The first kappa shape index (κ1) is 18.8. The van der Waals surface area contributed by atoms with Gasteiger partial charge in [0.25, 0.3) is 0 Å². The molecule has 0 spiro atoms. The molecule has 0 amide bonds. The zero-order valence-corrected chi connectivity index (χ0v) is 15.4. The van der Waals surface area contributed by atoms with Crippen LogP contribution in [-0.2, 0) is 4.74 Å². The van der Waals surface area contributed by atoms with Crippen molar-refractivity contribution in [2.45, 2.75) is 13.3 Å². The molecule has 2 rings (SSSR count). The van der Waals surface area contributed by atoms with E-state index < -0.39 is 0 Å². The second-order valence-corrected chi connectivity index (χ2v) is 4.59. The fourth-order valence-corrected chi connectivity index (χ4v) is 1.93. The number of aliphatic imine (C=N–C) groups is 1. The van der Waals surface area contributed by atoms with Crippen LogP contribution in [0.1, 0.15) is 13.3 Å². The molecule has 0 saturated carbocycles. The molecule has 0 radical (unpaired) electrons. The van der Waals surface area contributed by atoms with Crippen molar-refractivity contribution in [1.29, 1.82) is 0 Å². The largest absolute Gasteiger partial charge is 0.490 e. The Labute approximate surface area is 148 Å². The number of nitrogens with zero attached hydrogens (tertiary/aromatic N) is 1. The molecule has 1 aromatic rings. The van der Waals surface area contributed by atoms with Gasteiger partial charge in [-0.05, 0) is 19.1 Å². The summed E-state index contributed by atoms with van der Waals surface area (Å²) in [5.41, 5.74) is 0.913. The molecule has 0 bridgehead atoms. The van der Waals surface area contributed by atoms with Gasteiger partial charge in [0.05, 0.1) is 26.4 Å². The highest BCUT2D eigenvalue weighted by molar-refractivity contribution is 14.0. The highest BCUT2D eigenvalue weighted by atomic mass is 127. The maximum absolute atomic E-state index is 5.68. The fourth-order valence-electron chi connectivity index (χ4n) is 1.93. The molecule has 7 heteroatoms. The van der Waals surface area contributed by atoms with E-state index in [1.165, 1.54) is 0 Å². The summed E-state index contributed by atoms with van der Waals surface area (Å²) >= 11 is 0. The Morgan fingerprint density at radius 3 is 2.77 bits per heavy atom. The number of anilines is 1. The first-order chi connectivity index (χ1) is 10.3. The number of methoxy groups -OCH3 is 1. The normalized spacial score (nSPS) is 13.8. The van der Waals surface area contributed by atoms with Crippen LogP contribution in [0, 0.1) is 0 Å². The summed E-state index contributed by atoms with van der Waals surface area (Å²) in [4.78, 5) is 4.43. The SMILES string of the molecule is CCNC(=NCCOC)Nc1ccc2c(c1)OCCCO2.I. The minimum absolute atomic E-state index is 0. The van der Waals surface area contributed by atoms with E-state index in [1.54, 1.807) is 7.11 Å². The molecular weight excluding hydrogens is 397 g/mol. The summed E-state index contributed by atoms with van der Waals surface area (Å²) in [5, 5.41) is 6.45. The van der Waals surface area contributed by atoms with Gasteiger partial charge < -0.3 is 24.8 Å². The number of hydrogen-bond donors (Lipinski definition) is 2. The quantitative estimate of drug-likeness (QED) is 0.331. The van der Waals surface area contributed by atoms with E-state index in [0.29, 0.717) is 26.4 Å². The summed E-state index contributed by atoms with van der Waals surface area (Å²) in [7, 11) is 1.67. The Morgan fingerprint density at radius 1 is 1.27 bits per heavy atom. The number of hydrogen-bond acceptors (Lipinski definition) is 4. The molecule has 0 atom stereocenters. The van der Waals surface area contributed by atoms with Crippen LogP contribution in [0.4, 0.5) is 5.69 Å². The van der Waals surface area contributed by atoms with Crippen LogP contribution < -0.4 is 20.1 Å². The topological polar surface area (TPSA) is 64.1 Å². The summed E-state index contributed by atoms with van der Waals surface area (Å²) in [6.07, 6.45) is 0.901. The molecule has 6 nitrogen and oxygen atoms in total. The molecule has 22 heavy (non-hydrogen) atoms. The van der Waals surface area contributed by atoms with E-state index in [-0.39, 0.29) is 24.0 Å². The van der Waals surface area contributed by atoms with Crippen molar-refractivity contribution in [3.63, 3.8) is 0 Å². The van der Waals surface area contributed by atoms with E-state index in [2.05, 4.69) is 15.6 Å². The van der Waals surface area contributed by atoms with Crippen molar-refractivity contribution < 1.29 is 14.2 Å². The molecule has 0 fully saturated rings. The zero-order chi connectivity index (χ0) is 14.9. The van der Waals surface area contributed by atoms with E-state index >= 15 is 0 Å². The number of fused-ring (bicyclic) bond motifs is 1. The highest BCUT2D eigenvalue weighted by Gasteiger charge is 2.11. The van der Waals surface area contributed by atoms with Gasteiger partial charge in [0.1, 0.15) is 0 Å². The van der Waals surface area contributed by atoms with Crippen molar-refractivity contribution in [2.75, 3.05) is 45.3 Å². The van der Waals surface area contributed by atoms with Gasteiger partial charge in [-0.15, -0.1) is 24.0 Å². The standard InChI is InChI=1S/C15H23N3O3.HI/c1-3-16-15(17-7-10-19-2)18-12-5-6-13-14(11-12)21-9-4-8-20-13;/h5-6,11H,3-4,7-10H2,1-2H3,(H2,16,17,18);1H. The Hall–Kier alpha value is -1.22. The predicted octanol–water partition coefficient (Wildman–Crippen LogP) is 2.49. The third-order valence-corrected chi connectivity index (χ3v) is 2.92. The zero-order valence-electron chi connectivity index (χ0n) is 13.1. The Morgan fingerprint density at radius 2 is 2.05 bits per heavy atom. The fraction of sp³-hybridized carbons (Fsp3) is 0.533. The van der Waals surface area contributed by atoms with Crippen LogP contribution in [0.5, 0.6) is 11.5 Å². The van der Waals surface area contributed by atoms with Gasteiger partial charge in [0, 0.05) is 31.8 Å². The van der Waals surface area contributed by atoms with Gasteiger partial charge in [0.2, 0.25) is 0 Å². The van der Waals surface area contributed by atoms with Gasteiger partial charge in [-0.1, -0.05) is 0 Å². The van der Waals surface area contributed by atoms with Crippen LogP contribution in [0.2, 0.25) is 0 Å². The molecule has 1 heterocycles. The lowest BCUT2D eigenvalue weighted by atomic mass is 10.3. The molecule has 124 valence electrons. The molecule has 2 N–H and O–H groups in total. The van der Waals surface area contributed by atoms with Crippen molar-refractivity contribution >= 4 is 35.6 Å². The smallest absolute Gasteiger partial charge is 0.195 e. The lowest BCUT2D eigenvalue weighted by Gasteiger charge is -2.13. The van der Waals surface area contributed by atoms with Crippen LogP contribution in [0.15, 0.2) is 23.2 Å². The first-order valence-corrected chi connectivity index (χ1v) is 7.27. The molecule has 1 aromatic carbocycles.